The van der Waals surface area contributed by atoms with Crippen LogP contribution in [-0.4, -0.2) is 49.4 Å². The van der Waals surface area contributed by atoms with Gasteiger partial charge in [-0.2, -0.15) is 0 Å². The number of rotatable bonds is 8. The third-order valence-corrected chi connectivity index (χ3v) is 4.88. The molecule has 6 nitrogen and oxygen atoms in total. The SMILES string of the molecule is CCN(CC)CC(=O)NCc1ccc(N2CCCC(C(N)=O)C2)cc1. The number of carbonyl (C=O) groups is 2. The van der Waals surface area contributed by atoms with E-state index < -0.39 is 0 Å². The molecular formula is C19H30N4O2. The quantitative estimate of drug-likeness (QED) is 0.745. The van der Waals surface area contributed by atoms with Gasteiger partial charge in [-0.05, 0) is 43.6 Å². The van der Waals surface area contributed by atoms with Crippen molar-refractivity contribution in [3.63, 3.8) is 0 Å². The topological polar surface area (TPSA) is 78.7 Å². The first-order chi connectivity index (χ1) is 12.0. The molecule has 0 radical (unpaired) electrons. The van der Waals surface area contributed by atoms with E-state index in [4.69, 9.17) is 5.73 Å². The van der Waals surface area contributed by atoms with Gasteiger partial charge in [-0.15, -0.1) is 0 Å². The number of nitrogens with one attached hydrogen (secondary N) is 1. The minimum atomic E-state index is -0.211. The number of likely N-dealkylation sites (N-methyl/N-ethyl adjacent to an activating group) is 1. The molecule has 138 valence electrons. The number of benzene rings is 1. The lowest BCUT2D eigenvalue weighted by Crippen LogP contribution is -2.41. The summed E-state index contributed by atoms with van der Waals surface area (Å²) in [5.41, 5.74) is 7.62. The van der Waals surface area contributed by atoms with E-state index in [1.54, 1.807) is 0 Å². The molecular weight excluding hydrogens is 316 g/mol. The Labute approximate surface area is 150 Å². The van der Waals surface area contributed by atoms with Gasteiger partial charge in [-0.25, -0.2) is 0 Å². The molecule has 1 fully saturated rings. The molecule has 1 heterocycles. The number of nitrogens with two attached hydrogens (primary N) is 1. The second kappa shape index (κ2) is 9.42. The van der Waals surface area contributed by atoms with Crippen LogP contribution in [0.25, 0.3) is 0 Å². The van der Waals surface area contributed by atoms with Crippen LogP contribution in [0.3, 0.4) is 0 Å². The maximum atomic E-state index is 12.0. The molecule has 0 bridgehead atoms. The molecule has 1 atom stereocenters. The Morgan fingerprint density at radius 3 is 2.52 bits per heavy atom. The van der Waals surface area contributed by atoms with Gasteiger partial charge in [0, 0.05) is 25.3 Å². The summed E-state index contributed by atoms with van der Waals surface area (Å²) in [6.07, 6.45) is 1.86. The molecule has 3 N–H and O–H groups in total. The van der Waals surface area contributed by atoms with Crippen LogP contribution in [0.5, 0.6) is 0 Å². The number of hydrogen-bond acceptors (Lipinski definition) is 4. The lowest BCUT2D eigenvalue weighted by molar-refractivity contribution is -0.123. The first-order valence-corrected chi connectivity index (χ1v) is 9.15. The summed E-state index contributed by atoms with van der Waals surface area (Å²) in [4.78, 5) is 27.7. The summed E-state index contributed by atoms with van der Waals surface area (Å²) in [5, 5.41) is 2.96. The molecule has 25 heavy (non-hydrogen) atoms. The van der Waals surface area contributed by atoms with Crippen molar-refractivity contribution in [2.24, 2.45) is 11.7 Å². The molecule has 1 aromatic carbocycles. The van der Waals surface area contributed by atoms with E-state index in [-0.39, 0.29) is 17.7 Å². The molecule has 6 heteroatoms. The minimum absolute atomic E-state index is 0.0492. The van der Waals surface area contributed by atoms with Crippen molar-refractivity contribution >= 4 is 17.5 Å². The number of carbonyl (C=O) groups excluding carboxylic acids is 2. The summed E-state index contributed by atoms with van der Waals surface area (Å²) in [6, 6.07) is 8.16. The molecule has 2 amide bonds. The second-order valence-corrected chi connectivity index (χ2v) is 6.59. The minimum Gasteiger partial charge on any atom is -0.371 e. The standard InChI is InChI=1S/C19H30N4O2/c1-3-22(4-2)14-18(24)21-12-15-7-9-17(10-8-15)23-11-5-6-16(13-23)19(20)25/h7-10,16H,3-6,11-14H2,1-2H3,(H2,20,25)(H,21,24). The van der Waals surface area contributed by atoms with Crippen molar-refractivity contribution in [1.82, 2.24) is 10.2 Å². The second-order valence-electron chi connectivity index (χ2n) is 6.59. The molecule has 1 aromatic rings. The third-order valence-electron chi connectivity index (χ3n) is 4.88. The van der Waals surface area contributed by atoms with E-state index >= 15 is 0 Å². The number of primary amides is 1. The zero-order valence-corrected chi connectivity index (χ0v) is 15.3. The van der Waals surface area contributed by atoms with Crippen LogP contribution in [-0.2, 0) is 16.1 Å². The highest BCUT2D eigenvalue weighted by atomic mass is 16.2. The van der Waals surface area contributed by atoms with Gasteiger partial charge in [0.25, 0.3) is 0 Å². The van der Waals surface area contributed by atoms with Crippen LogP contribution in [0.15, 0.2) is 24.3 Å². The number of piperidine rings is 1. The van der Waals surface area contributed by atoms with Gasteiger partial charge in [0.1, 0.15) is 0 Å². The van der Waals surface area contributed by atoms with Gasteiger partial charge in [0.15, 0.2) is 0 Å². The predicted molar refractivity (Wildman–Crippen MR) is 100 cm³/mol. The van der Waals surface area contributed by atoms with Crippen molar-refractivity contribution < 1.29 is 9.59 Å². The first-order valence-electron chi connectivity index (χ1n) is 9.15. The van der Waals surface area contributed by atoms with Crippen LogP contribution in [0, 0.1) is 5.92 Å². The summed E-state index contributed by atoms with van der Waals surface area (Å²) < 4.78 is 0. The van der Waals surface area contributed by atoms with E-state index in [0.717, 1.165) is 43.7 Å². The molecule has 0 aromatic heterocycles. The lowest BCUT2D eigenvalue weighted by atomic mass is 9.97. The highest BCUT2D eigenvalue weighted by molar-refractivity contribution is 5.78. The Kier molecular flexibility index (Phi) is 7.25. The van der Waals surface area contributed by atoms with Crippen LogP contribution < -0.4 is 16.0 Å². The zero-order chi connectivity index (χ0) is 18.2. The summed E-state index contributed by atoms with van der Waals surface area (Å²) in [7, 11) is 0. The maximum absolute atomic E-state index is 12.0. The monoisotopic (exact) mass is 346 g/mol. The lowest BCUT2D eigenvalue weighted by Gasteiger charge is -2.33. The summed E-state index contributed by atoms with van der Waals surface area (Å²) in [5.74, 6) is -0.224. The van der Waals surface area contributed by atoms with Gasteiger partial charge in [0.2, 0.25) is 11.8 Å². The van der Waals surface area contributed by atoms with Crippen LogP contribution in [0.1, 0.15) is 32.3 Å². The molecule has 2 rings (SSSR count). The van der Waals surface area contributed by atoms with Crippen molar-refractivity contribution in [2.75, 3.05) is 37.6 Å². The summed E-state index contributed by atoms with van der Waals surface area (Å²) in [6.45, 7) is 8.47. The Hall–Kier alpha value is -2.08. The van der Waals surface area contributed by atoms with Crippen molar-refractivity contribution in [1.29, 1.82) is 0 Å². The Morgan fingerprint density at radius 2 is 1.92 bits per heavy atom. The van der Waals surface area contributed by atoms with Gasteiger partial charge in [-0.3, -0.25) is 14.5 Å². The molecule has 0 aliphatic carbocycles. The largest absolute Gasteiger partial charge is 0.371 e. The van der Waals surface area contributed by atoms with E-state index in [1.165, 1.54) is 0 Å². The average molecular weight is 346 g/mol. The summed E-state index contributed by atoms with van der Waals surface area (Å²) >= 11 is 0. The normalized spacial score (nSPS) is 17.6. The zero-order valence-electron chi connectivity index (χ0n) is 15.3. The van der Waals surface area contributed by atoms with Crippen LogP contribution in [0.2, 0.25) is 0 Å². The van der Waals surface area contributed by atoms with E-state index in [1.807, 2.05) is 12.1 Å². The molecule has 1 saturated heterocycles. The smallest absolute Gasteiger partial charge is 0.234 e. The van der Waals surface area contributed by atoms with Gasteiger partial charge in [0.05, 0.1) is 12.5 Å². The fourth-order valence-corrected chi connectivity index (χ4v) is 3.18. The molecule has 0 saturated carbocycles. The van der Waals surface area contributed by atoms with E-state index in [0.29, 0.717) is 19.6 Å². The average Bonchev–Trinajstić information content (AvgIpc) is 2.65. The fourth-order valence-electron chi connectivity index (χ4n) is 3.18. The molecule has 1 aliphatic heterocycles. The number of nitrogens with zero attached hydrogens (tertiary/aromatic N) is 2. The van der Waals surface area contributed by atoms with Crippen LogP contribution in [0.4, 0.5) is 5.69 Å². The molecule has 0 spiro atoms. The first kappa shape index (κ1) is 19.2. The number of anilines is 1. The molecule has 1 aliphatic rings. The van der Waals surface area contributed by atoms with Crippen molar-refractivity contribution in [3.8, 4) is 0 Å². The maximum Gasteiger partial charge on any atom is 0.234 e. The van der Waals surface area contributed by atoms with Crippen molar-refractivity contribution in [2.45, 2.75) is 33.2 Å². The van der Waals surface area contributed by atoms with E-state index in [9.17, 15) is 9.59 Å². The number of amides is 2. The Balaban J connectivity index is 1.85. The third kappa shape index (κ3) is 5.74. The fraction of sp³-hybridized carbons (Fsp3) is 0.579. The Bertz CT molecular complexity index is 569. The Morgan fingerprint density at radius 1 is 1.24 bits per heavy atom. The number of hydrogen-bond donors (Lipinski definition) is 2. The predicted octanol–water partition coefficient (Wildman–Crippen LogP) is 1.35. The van der Waals surface area contributed by atoms with E-state index in [2.05, 4.69) is 41.1 Å². The highest BCUT2D eigenvalue weighted by Crippen LogP contribution is 2.23. The van der Waals surface area contributed by atoms with Gasteiger partial charge >= 0.3 is 0 Å². The molecule has 1 unspecified atom stereocenters. The van der Waals surface area contributed by atoms with Crippen LogP contribution >= 0.6 is 0 Å². The van der Waals surface area contributed by atoms with Crippen molar-refractivity contribution in [3.05, 3.63) is 29.8 Å². The van der Waals surface area contributed by atoms with Gasteiger partial charge in [-0.1, -0.05) is 26.0 Å². The van der Waals surface area contributed by atoms with Gasteiger partial charge < -0.3 is 16.0 Å². The highest BCUT2D eigenvalue weighted by Gasteiger charge is 2.24.